The van der Waals surface area contributed by atoms with Crippen LogP contribution in [0.15, 0.2) is 200 Å². The van der Waals surface area contributed by atoms with E-state index < -0.39 is 0 Å². The minimum Gasteiger partial charge on any atom is -0.228 e. The minimum absolute atomic E-state index is 0.665. The molecule has 0 saturated carbocycles. The molecule has 9 aromatic carbocycles. The van der Waals surface area contributed by atoms with Gasteiger partial charge in [-0.15, -0.1) is 0 Å². The van der Waals surface area contributed by atoms with Crippen LogP contribution in [-0.4, -0.2) is 9.97 Å². The van der Waals surface area contributed by atoms with Gasteiger partial charge in [-0.05, 0) is 84.3 Å². The number of nitriles is 1. The summed E-state index contributed by atoms with van der Waals surface area (Å²) in [6, 6.07) is 72.3. The number of fused-ring (bicyclic) bond motifs is 3. The molecule has 1 aromatic heterocycles. The first-order valence-corrected chi connectivity index (χ1v) is 18.8. The third kappa shape index (κ3) is 5.97. The average molecular weight is 712 g/mol. The number of hydrogen-bond donors (Lipinski definition) is 0. The molecule has 0 radical (unpaired) electrons. The molecular weight excluding hydrogens is 679 g/mol. The molecule has 0 aliphatic heterocycles. The number of rotatable bonds is 6. The van der Waals surface area contributed by atoms with E-state index in [0.717, 1.165) is 50.0 Å². The van der Waals surface area contributed by atoms with E-state index in [1.54, 1.807) is 0 Å². The first kappa shape index (κ1) is 32.9. The molecule has 56 heavy (non-hydrogen) atoms. The maximum atomic E-state index is 9.18. The molecule has 0 unspecified atom stereocenters. The summed E-state index contributed by atoms with van der Waals surface area (Å²) in [6.07, 6.45) is 0. The quantitative estimate of drug-likeness (QED) is 0.173. The van der Waals surface area contributed by atoms with Crippen molar-refractivity contribution in [3.63, 3.8) is 0 Å². The highest BCUT2D eigenvalue weighted by atomic mass is 14.9. The predicted molar refractivity (Wildman–Crippen MR) is 232 cm³/mol. The van der Waals surface area contributed by atoms with Gasteiger partial charge in [0, 0.05) is 16.5 Å². The highest BCUT2D eigenvalue weighted by Gasteiger charge is 2.14. The summed E-state index contributed by atoms with van der Waals surface area (Å²) in [5.74, 6) is 0.707. The number of nitrogens with zero attached hydrogens (tertiary/aromatic N) is 3. The molecule has 260 valence electrons. The van der Waals surface area contributed by atoms with Crippen molar-refractivity contribution in [2.75, 3.05) is 0 Å². The Balaban J connectivity index is 0.977. The third-order valence-electron chi connectivity index (χ3n) is 10.8. The Hall–Kier alpha value is -7.67. The summed E-state index contributed by atoms with van der Waals surface area (Å²) in [5, 5.41) is 15.1. The van der Waals surface area contributed by atoms with Gasteiger partial charge >= 0.3 is 0 Å². The average Bonchev–Trinajstić information content (AvgIpc) is 3.28. The molecule has 10 aromatic rings. The zero-order valence-corrected chi connectivity index (χ0v) is 30.4. The molecule has 1 heterocycles. The van der Waals surface area contributed by atoms with Crippen LogP contribution in [0.25, 0.3) is 99.6 Å². The monoisotopic (exact) mass is 711 g/mol. The molecule has 0 amide bonds. The molecule has 3 nitrogen and oxygen atoms in total. The van der Waals surface area contributed by atoms with Gasteiger partial charge in [0.05, 0.1) is 22.8 Å². The lowest BCUT2D eigenvalue weighted by atomic mass is 9.91. The molecule has 0 saturated heterocycles. The number of aromatic nitrogens is 2. The Kier molecular flexibility index (Phi) is 8.21. The van der Waals surface area contributed by atoms with E-state index in [0.29, 0.717) is 11.4 Å². The van der Waals surface area contributed by atoms with Gasteiger partial charge in [0.1, 0.15) is 0 Å². The van der Waals surface area contributed by atoms with Crippen molar-refractivity contribution in [2.24, 2.45) is 0 Å². The molecule has 0 aliphatic carbocycles. The Bertz CT molecular complexity index is 3100. The molecule has 0 fully saturated rings. The van der Waals surface area contributed by atoms with Crippen molar-refractivity contribution in [1.82, 2.24) is 9.97 Å². The SMILES string of the molecule is N#Cc1ccc(-c2ccc(-c3ccc(-c4ccc(-c5nc(-c6ccc(-c7cccc8ccccc78)cc6)nc6ccccc56)cc4)c4ccccc34)cc2)cc1. The summed E-state index contributed by atoms with van der Waals surface area (Å²) in [4.78, 5) is 10.2. The van der Waals surface area contributed by atoms with E-state index in [1.807, 2.05) is 30.3 Å². The van der Waals surface area contributed by atoms with Crippen molar-refractivity contribution in [3.05, 3.63) is 206 Å². The summed E-state index contributed by atoms with van der Waals surface area (Å²) >= 11 is 0. The van der Waals surface area contributed by atoms with Crippen LogP contribution in [0.2, 0.25) is 0 Å². The topological polar surface area (TPSA) is 49.6 Å². The summed E-state index contributed by atoms with van der Waals surface area (Å²) in [7, 11) is 0. The van der Waals surface area contributed by atoms with E-state index in [1.165, 1.54) is 43.8 Å². The van der Waals surface area contributed by atoms with Gasteiger partial charge in [-0.1, -0.05) is 182 Å². The van der Waals surface area contributed by atoms with Crippen molar-refractivity contribution in [3.8, 4) is 73.2 Å². The fourth-order valence-electron chi connectivity index (χ4n) is 7.89. The van der Waals surface area contributed by atoms with Gasteiger partial charge in [-0.3, -0.25) is 0 Å². The zero-order chi connectivity index (χ0) is 37.4. The second kappa shape index (κ2) is 14.0. The van der Waals surface area contributed by atoms with Crippen LogP contribution in [0.1, 0.15) is 5.56 Å². The fraction of sp³-hybridized carbons (Fsp3) is 0. The molecule has 0 atom stereocenters. The maximum absolute atomic E-state index is 9.18. The van der Waals surface area contributed by atoms with Gasteiger partial charge in [-0.2, -0.15) is 5.26 Å². The lowest BCUT2D eigenvalue weighted by Crippen LogP contribution is -1.95. The fourth-order valence-corrected chi connectivity index (χ4v) is 7.89. The van der Waals surface area contributed by atoms with Crippen molar-refractivity contribution >= 4 is 32.4 Å². The number of para-hydroxylation sites is 1. The van der Waals surface area contributed by atoms with Crippen molar-refractivity contribution in [1.29, 1.82) is 5.26 Å². The summed E-state index contributed by atoms with van der Waals surface area (Å²) < 4.78 is 0. The molecule has 3 heteroatoms. The molecule has 0 bridgehead atoms. The van der Waals surface area contributed by atoms with E-state index in [9.17, 15) is 5.26 Å². The Morgan fingerprint density at radius 3 is 1.38 bits per heavy atom. The Morgan fingerprint density at radius 1 is 0.321 bits per heavy atom. The maximum Gasteiger partial charge on any atom is 0.160 e. The van der Waals surface area contributed by atoms with Crippen LogP contribution >= 0.6 is 0 Å². The first-order chi connectivity index (χ1) is 27.7. The second-order valence-electron chi connectivity index (χ2n) is 14.1. The zero-order valence-electron chi connectivity index (χ0n) is 30.4. The lowest BCUT2D eigenvalue weighted by molar-refractivity contribution is 1.23. The van der Waals surface area contributed by atoms with Gasteiger partial charge < -0.3 is 0 Å². The largest absolute Gasteiger partial charge is 0.228 e. The first-order valence-electron chi connectivity index (χ1n) is 18.8. The predicted octanol–water partition coefficient (Wildman–Crippen LogP) is 13.8. The molecule has 0 aliphatic rings. The van der Waals surface area contributed by atoms with Gasteiger partial charge in [0.25, 0.3) is 0 Å². The van der Waals surface area contributed by atoms with E-state index in [-0.39, 0.29) is 0 Å². The molecule has 0 N–H and O–H groups in total. The summed E-state index contributed by atoms with van der Waals surface area (Å²) in [6.45, 7) is 0. The van der Waals surface area contributed by atoms with Crippen molar-refractivity contribution in [2.45, 2.75) is 0 Å². The standard InChI is InChI=1S/C53H33N3/c54-34-35-16-18-36(19-17-35)37-20-22-40(23-21-37)46-32-33-47(49-12-4-3-11-48(46)49)41-24-28-42(29-25-41)52-50-13-5-6-15-51(50)55-53(56-52)43-30-26-39(27-31-43)45-14-7-9-38-8-1-2-10-44(38)45/h1-33H. The second-order valence-corrected chi connectivity index (χ2v) is 14.1. The van der Waals surface area contributed by atoms with Crippen LogP contribution in [0, 0.1) is 11.3 Å². The third-order valence-corrected chi connectivity index (χ3v) is 10.8. The molecule has 0 spiro atoms. The minimum atomic E-state index is 0.665. The normalized spacial score (nSPS) is 11.2. The van der Waals surface area contributed by atoms with Crippen LogP contribution in [0.4, 0.5) is 0 Å². The lowest BCUT2D eigenvalue weighted by Gasteiger charge is -2.14. The van der Waals surface area contributed by atoms with Crippen molar-refractivity contribution < 1.29 is 0 Å². The van der Waals surface area contributed by atoms with Crippen LogP contribution in [0.5, 0.6) is 0 Å². The van der Waals surface area contributed by atoms with Gasteiger partial charge in [0.15, 0.2) is 5.82 Å². The van der Waals surface area contributed by atoms with Crippen LogP contribution < -0.4 is 0 Å². The Morgan fingerprint density at radius 2 is 0.768 bits per heavy atom. The number of benzene rings is 9. The van der Waals surface area contributed by atoms with E-state index in [2.05, 4.69) is 176 Å². The molecule has 10 rings (SSSR count). The van der Waals surface area contributed by atoms with Crippen LogP contribution in [0.3, 0.4) is 0 Å². The smallest absolute Gasteiger partial charge is 0.160 e. The van der Waals surface area contributed by atoms with E-state index in [4.69, 9.17) is 9.97 Å². The van der Waals surface area contributed by atoms with E-state index >= 15 is 0 Å². The summed E-state index contributed by atoms with van der Waals surface area (Å²) in [5.41, 5.74) is 13.8. The van der Waals surface area contributed by atoms with Crippen LogP contribution in [-0.2, 0) is 0 Å². The van der Waals surface area contributed by atoms with Gasteiger partial charge in [0.2, 0.25) is 0 Å². The number of hydrogen-bond acceptors (Lipinski definition) is 3. The Labute approximate surface area is 325 Å². The highest BCUT2D eigenvalue weighted by Crippen LogP contribution is 2.38. The van der Waals surface area contributed by atoms with Gasteiger partial charge in [-0.25, -0.2) is 9.97 Å². The highest BCUT2D eigenvalue weighted by molar-refractivity contribution is 6.05. The molecular formula is C53H33N3.